The van der Waals surface area contributed by atoms with Crippen LogP contribution in [0.1, 0.15) is 38.2 Å². The third kappa shape index (κ3) is 2.98. The summed E-state index contributed by atoms with van der Waals surface area (Å²) >= 11 is 0. The second kappa shape index (κ2) is 5.70. The third-order valence-corrected chi connectivity index (χ3v) is 4.12. The van der Waals surface area contributed by atoms with Crippen molar-refractivity contribution in [3.8, 4) is 0 Å². The lowest BCUT2D eigenvalue weighted by Gasteiger charge is -2.08. The molecule has 0 fully saturated rings. The Morgan fingerprint density at radius 1 is 1.05 bits per heavy atom. The topological polar surface area (TPSA) is 41.1 Å². The Hall–Kier alpha value is -2.13. The van der Waals surface area contributed by atoms with Crippen LogP contribution in [-0.4, -0.2) is 5.91 Å². The molecule has 0 atom stereocenters. The summed E-state index contributed by atoms with van der Waals surface area (Å²) in [6.07, 6.45) is 0. The van der Waals surface area contributed by atoms with E-state index >= 15 is 0 Å². The van der Waals surface area contributed by atoms with Crippen LogP contribution in [0.5, 0.6) is 0 Å². The van der Waals surface area contributed by atoms with E-state index in [4.69, 9.17) is 0 Å². The number of hydrogen-bond donors (Lipinski definition) is 2. The van der Waals surface area contributed by atoms with Crippen molar-refractivity contribution in [1.29, 1.82) is 0 Å². The van der Waals surface area contributed by atoms with Crippen molar-refractivity contribution in [3.63, 3.8) is 0 Å². The van der Waals surface area contributed by atoms with Gasteiger partial charge in [-0.1, -0.05) is 24.3 Å². The molecule has 0 bridgehead atoms. The molecule has 0 aliphatic carbocycles. The highest BCUT2D eigenvalue weighted by molar-refractivity contribution is 5.94. The Bertz CT molecular complexity index is 692. The molecule has 2 N–H and O–H groups in total. The van der Waals surface area contributed by atoms with Crippen molar-refractivity contribution in [3.05, 3.63) is 69.8 Å². The zero-order valence-corrected chi connectivity index (χ0v) is 12.5. The fourth-order valence-corrected chi connectivity index (χ4v) is 2.63. The second-order valence-electron chi connectivity index (χ2n) is 5.69. The maximum Gasteiger partial charge on any atom is 0.251 e. The fraction of sp³-hybridized carbons (Fsp3) is 0.278. The number of carbonyl (C=O) groups is 1. The molecule has 0 unspecified atom stereocenters. The molecule has 1 heterocycles. The quantitative estimate of drug-likeness (QED) is 0.907. The fourth-order valence-electron chi connectivity index (χ4n) is 2.63. The van der Waals surface area contributed by atoms with Gasteiger partial charge < -0.3 is 10.6 Å². The van der Waals surface area contributed by atoms with Gasteiger partial charge in [-0.25, -0.2) is 0 Å². The SMILES string of the molecule is Cc1ccc(C(=O)NCc2ccc3c(c2)CNC3)cc1C. The van der Waals surface area contributed by atoms with Gasteiger partial charge in [-0.2, -0.15) is 0 Å². The summed E-state index contributed by atoms with van der Waals surface area (Å²) in [5.74, 6) is -0.0169. The van der Waals surface area contributed by atoms with E-state index in [1.807, 2.05) is 25.1 Å². The first kappa shape index (κ1) is 13.8. The number of aryl methyl sites for hydroxylation is 2. The van der Waals surface area contributed by atoms with E-state index < -0.39 is 0 Å². The minimum absolute atomic E-state index is 0.0169. The summed E-state index contributed by atoms with van der Waals surface area (Å²) < 4.78 is 0. The summed E-state index contributed by atoms with van der Waals surface area (Å²) in [6, 6.07) is 12.2. The highest BCUT2D eigenvalue weighted by atomic mass is 16.1. The van der Waals surface area contributed by atoms with Crippen molar-refractivity contribution >= 4 is 5.91 Å². The number of carbonyl (C=O) groups excluding carboxylic acids is 1. The molecular weight excluding hydrogens is 260 g/mol. The standard InChI is InChI=1S/C18H20N2O/c1-12-3-5-15(7-13(12)2)18(21)20-9-14-4-6-16-10-19-11-17(16)8-14/h3-8,19H,9-11H2,1-2H3,(H,20,21). The van der Waals surface area contributed by atoms with Gasteiger partial charge in [-0.3, -0.25) is 4.79 Å². The predicted octanol–water partition coefficient (Wildman–Crippen LogP) is 2.84. The van der Waals surface area contributed by atoms with E-state index in [-0.39, 0.29) is 5.91 Å². The van der Waals surface area contributed by atoms with Crippen molar-refractivity contribution < 1.29 is 4.79 Å². The molecule has 0 radical (unpaired) electrons. The Morgan fingerprint density at radius 3 is 2.67 bits per heavy atom. The van der Waals surface area contributed by atoms with E-state index in [1.54, 1.807) is 0 Å². The lowest BCUT2D eigenvalue weighted by molar-refractivity contribution is 0.0951. The van der Waals surface area contributed by atoms with Gasteiger partial charge in [0.05, 0.1) is 0 Å². The third-order valence-electron chi connectivity index (χ3n) is 4.12. The Balaban J connectivity index is 1.67. The summed E-state index contributed by atoms with van der Waals surface area (Å²) in [4.78, 5) is 12.2. The van der Waals surface area contributed by atoms with Gasteiger partial charge in [0.25, 0.3) is 5.91 Å². The predicted molar refractivity (Wildman–Crippen MR) is 84.1 cm³/mol. The second-order valence-corrected chi connectivity index (χ2v) is 5.69. The normalized spacial score (nSPS) is 13.0. The van der Waals surface area contributed by atoms with Gasteiger partial charge >= 0.3 is 0 Å². The van der Waals surface area contributed by atoms with Crippen molar-refractivity contribution in [1.82, 2.24) is 10.6 Å². The number of benzene rings is 2. The molecule has 1 amide bonds. The molecular formula is C18H20N2O. The average Bonchev–Trinajstić information content (AvgIpc) is 2.95. The molecule has 0 spiro atoms. The highest BCUT2D eigenvalue weighted by Crippen LogP contribution is 2.17. The van der Waals surface area contributed by atoms with Crippen molar-refractivity contribution in [2.24, 2.45) is 0 Å². The van der Waals surface area contributed by atoms with Crippen LogP contribution in [-0.2, 0) is 19.6 Å². The van der Waals surface area contributed by atoms with Crippen LogP contribution >= 0.6 is 0 Å². The molecule has 3 rings (SSSR count). The van der Waals surface area contributed by atoms with Crippen LogP contribution in [0.25, 0.3) is 0 Å². The van der Waals surface area contributed by atoms with E-state index in [0.717, 1.165) is 29.8 Å². The molecule has 1 aliphatic heterocycles. The van der Waals surface area contributed by atoms with Crippen molar-refractivity contribution in [2.45, 2.75) is 33.5 Å². The molecule has 1 aliphatic rings. The van der Waals surface area contributed by atoms with Crippen LogP contribution in [0.2, 0.25) is 0 Å². The number of nitrogens with one attached hydrogen (secondary N) is 2. The lowest BCUT2D eigenvalue weighted by Crippen LogP contribution is -2.23. The van der Waals surface area contributed by atoms with E-state index in [2.05, 4.69) is 35.8 Å². The van der Waals surface area contributed by atoms with Gasteiger partial charge in [-0.05, 0) is 53.8 Å². The lowest BCUT2D eigenvalue weighted by atomic mass is 10.1. The molecule has 21 heavy (non-hydrogen) atoms. The minimum atomic E-state index is -0.0169. The smallest absolute Gasteiger partial charge is 0.251 e. The average molecular weight is 280 g/mol. The summed E-state index contributed by atoms with van der Waals surface area (Å²) in [7, 11) is 0. The minimum Gasteiger partial charge on any atom is -0.348 e. The zero-order chi connectivity index (χ0) is 14.8. The van der Waals surface area contributed by atoms with Crippen LogP contribution in [0.3, 0.4) is 0 Å². The van der Waals surface area contributed by atoms with E-state index in [0.29, 0.717) is 6.54 Å². The molecule has 2 aromatic rings. The molecule has 3 nitrogen and oxygen atoms in total. The van der Waals surface area contributed by atoms with Crippen LogP contribution in [0.15, 0.2) is 36.4 Å². The van der Waals surface area contributed by atoms with Crippen molar-refractivity contribution in [2.75, 3.05) is 0 Å². The van der Waals surface area contributed by atoms with Crippen LogP contribution in [0.4, 0.5) is 0 Å². The first-order chi connectivity index (χ1) is 10.1. The van der Waals surface area contributed by atoms with Gasteiger partial charge in [0, 0.05) is 25.2 Å². The Labute approximate surface area is 125 Å². The molecule has 0 aromatic heterocycles. The number of fused-ring (bicyclic) bond motifs is 1. The Morgan fingerprint density at radius 2 is 1.86 bits per heavy atom. The highest BCUT2D eigenvalue weighted by Gasteiger charge is 2.11. The number of rotatable bonds is 3. The van der Waals surface area contributed by atoms with E-state index in [9.17, 15) is 4.79 Å². The van der Waals surface area contributed by atoms with Crippen LogP contribution < -0.4 is 10.6 Å². The zero-order valence-electron chi connectivity index (χ0n) is 12.5. The summed E-state index contributed by atoms with van der Waals surface area (Å²) in [5, 5.41) is 6.32. The van der Waals surface area contributed by atoms with Gasteiger partial charge in [-0.15, -0.1) is 0 Å². The Kier molecular flexibility index (Phi) is 3.76. The maximum absolute atomic E-state index is 12.2. The first-order valence-corrected chi connectivity index (χ1v) is 7.30. The molecule has 0 saturated carbocycles. The molecule has 2 aromatic carbocycles. The summed E-state index contributed by atoms with van der Waals surface area (Å²) in [6.45, 7) is 6.52. The molecule has 0 saturated heterocycles. The maximum atomic E-state index is 12.2. The molecule has 3 heteroatoms. The molecule has 108 valence electrons. The van der Waals surface area contributed by atoms with E-state index in [1.165, 1.54) is 16.7 Å². The largest absolute Gasteiger partial charge is 0.348 e. The summed E-state index contributed by atoms with van der Waals surface area (Å²) in [5.41, 5.74) is 6.92. The van der Waals surface area contributed by atoms with Gasteiger partial charge in [0.15, 0.2) is 0 Å². The monoisotopic (exact) mass is 280 g/mol. The van der Waals surface area contributed by atoms with Gasteiger partial charge in [0.1, 0.15) is 0 Å². The first-order valence-electron chi connectivity index (χ1n) is 7.30. The van der Waals surface area contributed by atoms with Crippen LogP contribution in [0, 0.1) is 13.8 Å². The number of hydrogen-bond acceptors (Lipinski definition) is 2. The van der Waals surface area contributed by atoms with Gasteiger partial charge in [0.2, 0.25) is 0 Å². The number of amides is 1.